The Labute approximate surface area is 99.1 Å². The lowest BCUT2D eigenvalue weighted by Gasteiger charge is -2.07. The molecule has 1 heterocycles. The van der Waals surface area contributed by atoms with E-state index in [1.165, 1.54) is 17.4 Å². The van der Waals surface area contributed by atoms with Crippen LogP contribution in [-0.2, 0) is 12.6 Å². The minimum atomic E-state index is -4.32. The molecule has 0 fully saturated rings. The Hall–Kier alpha value is -1.63. The van der Waals surface area contributed by atoms with Gasteiger partial charge in [-0.25, -0.2) is 0 Å². The fourth-order valence-electron chi connectivity index (χ4n) is 1.37. The number of nitrogens with two attached hydrogens (primary N) is 1. The molecular formula is C10H8F3N3S. The Bertz CT molecular complexity index is 522. The van der Waals surface area contributed by atoms with Crippen molar-refractivity contribution < 1.29 is 13.2 Å². The highest BCUT2D eigenvalue weighted by Crippen LogP contribution is 2.30. The molecular weight excluding hydrogens is 251 g/mol. The van der Waals surface area contributed by atoms with Gasteiger partial charge in [0.2, 0.25) is 5.13 Å². The fourth-order valence-corrected chi connectivity index (χ4v) is 2.01. The molecule has 0 bridgehead atoms. The Morgan fingerprint density at radius 1 is 1.24 bits per heavy atom. The quantitative estimate of drug-likeness (QED) is 0.902. The van der Waals surface area contributed by atoms with Crippen LogP contribution in [0.15, 0.2) is 24.3 Å². The third-order valence-corrected chi connectivity index (χ3v) is 2.84. The first kappa shape index (κ1) is 11.8. The predicted molar refractivity (Wildman–Crippen MR) is 58.6 cm³/mol. The van der Waals surface area contributed by atoms with Gasteiger partial charge in [-0.1, -0.05) is 29.5 Å². The van der Waals surface area contributed by atoms with Crippen molar-refractivity contribution in [2.45, 2.75) is 12.6 Å². The number of rotatable bonds is 2. The van der Waals surface area contributed by atoms with E-state index in [2.05, 4.69) is 10.2 Å². The highest BCUT2D eigenvalue weighted by atomic mass is 32.1. The summed E-state index contributed by atoms with van der Waals surface area (Å²) in [6.07, 6.45) is -4.02. The minimum absolute atomic E-state index is 0.304. The number of hydrogen-bond acceptors (Lipinski definition) is 4. The van der Waals surface area contributed by atoms with E-state index >= 15 is 0 Å². The zero-order valence-corrected chi connectivity index (χ0v) is 9.35. The molecule has 0 spiro atoms. The van der Waals surface area contributed by atoms with Crippen molar-refractivity contribution in [3.63, 3.8) is 0 Å². The molecule has 0 radical (unpaired) electrons. The molecule has 7 heteroatoms. The van der Waals surface area contributed by atoms with Crippen LogP contribution in [0.2, 0.25) is 0 Å². The summed E-state index contributed by atoms with van der Waals surface area (Å²) < 4.78 is 37.4. The lowest BCUT2D eigenvalue weighted by molar-refractivity contribution is -0.137. The summed E-state index contributed by atoms with van der Waals surface area (Å²) in [5.41, 5.74) is 5.27. The van der Waals surface area contributed by atoms with E-state index in [0.717, 1.165) is 12.1 Å². The van der Waals surface area contributed by atoms with Crippen LogP contribution in [0.25, 0.3) is 0 Å². The number of alkyl halides is 3. The Balaban J connectivity index is 2.22. The molecule has 2 rings (SSSR count). The second-order valence-corrected chi connectivity index (χ2v) is 4.50. The largest absolute Gasteiger partial charge is 0.416 e. The molecule has 1 aromatic heterocycles. The monoisotopic (exact) mass is 259 g/mol. The summed E-state index contributed by atoms with van der Waals surface area (Å²) in [7, 11) is 0. The summed E-state index contributed by atoms with van der Waals surface area (Å²) in [6.45, 7) is 0. The first-order valence-electron chi connectivity index (χ1n) is 4.69. The van der Waals surface area contributed by atoms with Crippen LogP contribution in [0.3, 0.4) is 0 Å². The number of anilines is 1. The second kappa shape index (κ2) is 4.33. The molecule has 0 amide bonds. The van der Waals surface area contributed by atoms with Crippen molar-refractivity contribution in [2.24, 2.45) is 0 Å². The summed E-state index contributed by atoms with van der Waals surface area (Å²) >= 11 is 1.17. The van der Waals surface area contributed by atoms with Gasteiger partial charge in [-0.3, -0.25) is 0 Å². The van der Waals surface area contributed by atoms with E-state index in [-0.39, 0.29) is 0 Å². The normalized spacial score (nSPS) is 11.7. The molecule has 2 N–H and O–H groups in total. The van der Waals surface area contributed by atoms with Crippen molar-refractivity contribution >= 4 is 16.5 Å². The Morgan fingerprint density at radius 3 is 2.59 bits per heavy atom. The molecule has 0 aliphatic heterocycles. The van der Waals surface area contributed by atoms with Crippen LogP contribution >= 0.6 is 11.3 Å². The molecule has 0 saturated heterocycles. The summed E-state index contributed by atoms with van der Waals surface area (Å²) in [4.78, 5) is 0. The summed E-state index contributed by atoms with van der Waals surface area (Å²) in [6, 6.07) is 5.14. The van der Waals surface area contributed by atoms with Gasteiger partial charge >= 0.3 is 6.18 Å². The Kier molecular flexibility index (Phi) is 3.01. The number of halogens is 3. The van der Waals surface area contributed by atoms with E-state index in [1.54, 1.807) is 6.07 Å². The van der Waals surface area contributed by atoms with Gasteiger partial charge in [0.1, 0.15) is 5.01 Å². The lowest BCUT2D eigenvalue weighted by Crippen LogP contribution is -2.05. The van der Waals surface area contributed by atoms with Gasteiger partial charge in [0.25, 0.3) is 0 Å². The molecule has 2 aromatic rings. The van der Waals surface area contributed by atoms with Gasteiger partial charge < -0.3 is 5.73 Å². The highest BCUT2D eigenvalue weighted by molar-refractivity contribution is 7.15. The van der Waals surface area contributed by atoms with Crippen LogP contribution in [0, 0.1) is 0 Å². The van der Waals surface area contributed by atoms with E-state index < -0.39 is 11.7 Å². The SMILES string of the molecule is Nc1nnc(Cc2cccc(C(F)(F)F)c2)s1. The average molecular weight is 259 g/mol. The lowest BCUT2D eigenvalue weighted by atomic mass is 10.1. The van der Waals surface area contributed by atoms with Crippen molar-refractivity contribution in [1.29, 1.82) is 0 Å². The van der Waals surface area contributed by atoms with E-state index in [9.17, 15) is 13.2 Å². The van der Waals surface area contributed by atoms with Gasteiger partial charge in [0.15, 0.2) is 0 Å². The van der Waals surface area contributed by atoms with Crippen LogP contribution in [0.1, 0.15) is 16.1 Å². The van der Waals surface area contributed by atoms with Crippen molar-refractivity contribution in [3.05, 3.63) is 40.4 Å². The minimum Gasteiger partial charge on any atom is -0.374 e. The molecule has 0 aliphatic carbocycles. The van der Waals surface area contributed by atoms with Crippen LogP contribution in [0.5, 0.6) is 0 Å². The number of benzene rings is 1. The third kappa shape index (κ3) is 2.94. The summed E-state index contributed by atoms with van der Waals surface area (Å²) in [5.74, 6) is 0. The molecule has 17 heavy (non-hydrogen) atoms. The summed E-state index contributed by atoms with van der Waals surface area (Å²) in [5, 5.41) is 8.28. The molecule has 0 aliphatic rings. The molecule has 1 aromatic carbocycles. The van der Waals surface area contributed by atoms with Gasteiger partial charge in [0.05, 0.1) is 5.56 Å². The van der Waals surface area contributed by atoms with Gasteiger partial charge in [0, 0.05) is 6.42 Å². The van der Waals surface area contributed by atoms with Crippen LogP contribution in [0.4, 0.5) is 18.3 Å². The second-order valence-electron chi connectivity index (χ2n) is 3.41. The van der Waals surface area contributed by atoms with Crippen LogP contribution in [-0.4, -0.2) is 10.2 Å². The average Bonchev–Trinajstić information content (AvgIpc) is 2.63. The third-order valence-electron chi connectivity index (χ3n) is 2.09. The maximum absolute atomic E-state index is 12.5. The molecule has 0 unspecified atom stereocenters. The zero-order chi connectivity index (χ0) is 12.5. The Morgan fingerprint density at radius 2 is 2.00 bits per heavy atom. The highest BCUT2D eigenvalue weighted by Gasteiger charge is 2.30. The maximum atomic E-state index is 12.5. The topological polar surface area (TPSA) is 51.8 Å². The van der Waals surface area contributed by atoms with Crippen molar-refractivity contribution in [2.75, 3.05) is 5.73 Å². The number of aromatic nitrogens is 2. The maximum Gasteiger partial charge on any atom is 0.416 e. The van der Waals surface area contributed by atoms with E-state index in [0.29, 0.717) is 22.1 Å². The van der Waals surface area contributed by atoms with Crippen LogP contribution < -0.4 is 5.73 Å². The standard InChI is InChI=1S/C10H8F3N3S/c11-10(12,13)7-3-1-2-6(4-7)5-8-15-16-9(14)17-8/h1-4H,5H2,(H2,14,16). The first-order valence-corrected chi connectivity index (χ1v) is 5.51. The fraction of sp³-hybridized carbons (Fsp3) is 0.200. The van der Waals surface area contributed by atoms with E-state index in [4.69, 9.17) is 5.73 Å². The number of nitrogens with zero attached hydrogens (tertiary/aromatic N) is 2. The molecule has 0 atom stereocenters. The number of hydrogen-bond donors (Lipinski definition) is 1. The molecule has 90 valence electrons. The molecule has 3 nitrogen and oxygen atoms in total. The van der Waals surface area contributed by atoms with Gasteiger partial charge in [-0.15, -0.1) is 10.2 Å². The van der Waals surface area contributed by atoms with Crippen molar-refractivity contribution in [1.82, 2.24) is 10.2 Å². The molecule has 0 saturated carbocycles. The predicted octanol–water partition coefficient (Wildman–Crippen LogP) is 2.73. The first-order chi connectivity index (χ1) is 7.95. The van der Waals surface area contributed by atoms with E-state index in [1.807, 2.05) is 0 Å². The van der Waals surface area contributed by atoms with Gasteiger partial charge in [-0.05, 0) is 11.6 Å². The number of nitrogen functional groups attached to an aromatic ring is 1. The van der Waals surface area contributed by atoms with Gasteiger partial charge in [-0.2, -0.15) is 13.2 Å². The smallest absolute Gasteiger partial charge is 0.374 e. The zero-order valence-electron chi connectivity index (χ0n) is 8.53. The van der Waals surface area contributed by atoms with Crippen molar-refractivity contribution in [3.8, 4) is 0 Å².